The summed E-state index contributed by atoms with van der Waals surface area (Å²) < 4.78 is 45.1. The van der Waals surface area contributed by atoms with E-state index in [2.05, 4.69) is 0 Å². The van der Waals surface area contributed by atoms with E-state index in [0.717, 1.165) is 16.7 Å². The Morgan fingerprint density at radius 2 is 1.93 bits per heavy atom. The Morgan fingerprint density at radius 3 is 2.70 bits per heavy atom. The molecule has 2 atom stereocenters. The lowest BCUT2D eigenvalue weighted by Gasteiger charge is -2.18. The van der Waals surface area contributed by atoms with Crippen LogP contribution in [0.2, 0.25) is 0 Å². The summed E-state index contributed by atoms with van der Waals surface area (Å²) in [6, 6.07) is 14.0. The van der Waals surface area contributed by atoms with Gasteiger partial charge in [-0.1, -0.05) is 24.3 Å². The maximum Gasteiger partial charge on any atom is 0.183 e. The van der Waals surface area contributed by atoms with E-state index in [-0.39, 0.29) is 11.7 Å². The lowest BCUT2D eigenvalue weighted by molar-refractivity contribution is 0.320. The lowest BCUT2D eigenvalue weighted by Crippen LogP contribution is -2.26. The molecule has 0 N–H and O–H groups in total. The molecule has 2 aliphatic rings. The first-order valence-electron chi connectivity index (χ1n) is 8.90. The number of halogens is 1. The van der Waals surface area contributed by atoms with Gasteiger partial charge in [0, 0.05) is 36.7 Å². The van der Waals surface area contributed by atoms with Crippen LogP contribution >= 0.6 is 0 Å². The Hall–Kier alpha value is -2.44. The van der Waals surface area contributed by atoms with E-state index >= 15 is 0 Å². The second-order valence-electron chi connectivity index (χ2n) is 7.24. The van der Waals surface area contributed by atoms with Crippen molar-refractivity contribution in [1.29, 1.82) is 0 Å². The molecule has 3 heterocycles. The Labute approximate surface area is 157 Å². The minimum atomic E-state index is -3.36. The van der Waals surface area contributed by atoms with Gasteiger partial charge in [-0.05, 0) is 35.4 Å². The summed E-state index contributed by atoms with van der Waals surface area (Å²) in [6.07, 6.45) is 3.26. The van der Waals surface area contributed by atoms with Crippen LogP contribution in [0.25, 0.3) is 11.1 Å². The van der Waals surface area contributed by atoms with Crippen LogP contribution in [0.15, 0.2) is 70.4 Å². The zero-order valence-corrected chi connectivity index (χ0v) is 15.3. The summed E-state index contributed by atoms with van der Waals surface area (Å²) in [5.41, 5.74) is 3.35. The predicted molar refractivity (Wildman–Crippen MR) is 99.5 cm³/mol. The standard InChI is InChI=1S/C21H18FNO3S/c22-19-4-2-1-3-15(19)10-23-11-18-17-9-14(16-7-8-26-13-16)5-6-20(17)27(24,25)21(18)12-23/h1-9,13,18,21H,10-12H2/t18-,21-/m1/s1. The second kappa shape index (κ2) is 6.04. The highest BCUT2D eigenvalue weighted by atomic mass is 32.2. The van der Waals surface area contributed by atoms with Crippen molar-refractivity contribution in [3.8, 4) is 11.1 Å². The smallest absolute Gasteiger partial charge is 0.183 e. The summed E-state index contributed by atoms with van der Waals surface area (Å²) in [5, 5.41) is -0.459. The fourth-order valence-electron chi connectivity index (χ4n) is 4.33. The molecule has 1 aromatic heterocycles. The molecule has 2 aliphatic heterocycles. The maximum atomic E-state index is 14.0. The van der Waals surface area contributed by atoms with Gasteiger partial charge in [0.15, 0.2) is 9.84 Å². The zero-order chi connectivity index (χ0) is 18.6. The molecule has 5 rings (SSSR count). The van der Waals surface area contributed by atoms with Crippen molar-refractivity contribution in [2.45, 2.75) is 22.6 Å². The van der Waals surface area contributed by atoms with E-state index in [4.69, 9.17) is 4.42 Å². The van der Waals surface area contributed by atoms with Crippen molar-refractivity contribution in [3.63, 3.8) is 0 Å². The van der Waals surface area contributed by atoms with E-state index < -0.39 is 15.1 Å². The quantitative estimate of drug-likeness (QED) is 0.690. The largest absolute Gasteiger partial charge is 0.472 e. The molecule has 6 heteroatoms. The number of likely N-dealkylation sites (tertiary alicyclic amines) is 1. The topological polar surface area (TPSA) is 50.5 Å². The third-order valence-corrected chi connectivity index (χ3v) is 7.92. The van der Waals surface area contributed by atoms with Crippen LogP contribution in [0.4, 0.5) is 4.39 Å². The van der Waals surface area contributed by atoms with Crippen LogP contribution in [-0.4, -0.2) is 31.7 Å². The van der Waals surface area contributed by atoms with Crippen molar-refractivity contribution in [3.05, 3.63) is 78.0 Å². The fourth-order valence-corrected chi connectivity index (χ4v) is 6.53. The molecule has 27 heavy (non-hydrogen) atoms. The number of hydrogen-bond donors (Lipinski definition) is 0. The third-order valence-electron chi connectivity index (χ3n) is 5.66. The minimum Gasteiger partial charge on any atom is -0.472 e. The molecule has 3 aromatic rings. The van der Waals surface area contributed by atoms with Gasteiger partial charge in [0.2, 0.25) is 0 Å². The SMILES string of the molecule is O=S1(=O)c2ccc(-c3ccoc3)cc2[C@H]2CN(Cc3ccccc3F)C[C@H]21. The molecule has 0 bridgehead atoms. The van der Waals surface area contributed by atoms with Crippen LogP contribution in [-0.2, 0) is 16.4 Å². The molecule has 0 aliphatic carbocycles. The predicted octanol–water partition coefficient (Wildman–Crippen LogP) is 3.84. The first kappa shape index (κ1) is 16.7. The van der Waals surface area contributed by atoms with Crippen LogP contribution in [0.5, 0.6) is 0 Å². The first-order valence-corrected chi connectivity index (χ1v) is 10.4. The van der Waals surface area contributed by atoms with Crippen molar-refractivity contribution in [2.24, 2.45) is 0 Å². The molecular weight excluding hydrogens is 365 g/mol. The molecule has 0 unspecified atom stereocenters. The molecule has 4 nitrogen and oxygen atoms in total. The molecule has 0 spiro atoms. The van der Waals surface area contributed by atoms with Crippen LogP contribution in [0.1, 0.15) is 17.0 Å². The molecule has 1 saturated heterocycles. The summed E-state index contributed by atoms with van der Waals surface area (Å²) in [5.74, 6) is -0.330. The molecule has 0 radical (unpaired) electrons. The molecule has 138 valence electrons. The van der Waals surface area contributed by atoms with Crippen molar-refractivity contribution in [2.75, 3.05) is 13.1 Å². The molecule has 0 amide bonds. The number of rotatable bonds is 3. The van der Waals surface area contributed by atoms with Gasteiger partial charge >= 0.3 is 0 Å². The summed E-state index contributed by atoms with van der Waals surface area (Å²) in [7, 11) is -3.36. The van der Waals surface area contributed by atoms with Crippen LogP contribution in [0.3, 0.4) is 0 Å². The zero-order valence-electron chi connectivity index (χ0n) is 14.5. The average molecular weight is 383 g/mol. The minimum absolute atomic E-state index is 0.0800. The maximum absolute atomic E-state index is 14.0. The molecule has 2 aromatic carbocycles. The van der Waals surface area contributed by atoms with E-state index in [0.29, 0.717) is 30.1 Å². The van der Waals surface area contributed by atoms with E-state index in [1.54, 1.807) is 36.8 Å². The van der Waals surface area contributed by atoms with Gasteiger partial charge < -0.3 is 4.42 Å². The van der Waals surface area contributed by atoms with Gasteiger partial charge in [-0.2, -0.15) is 0 Å². The summed E-state index contributed by atoms with van der Waals surface area (Å²) in [6.45, 7) is 1.46. The Bertz CT molecular complexity index is 1110. The van der Waals surface area contributed by atoms with Gasteiger partial charge in [-0.25, -0.2) is 12.8 Å². The summed E-state index contributed by atoms with van der Waals surface area (Å²) in [4.78, 5) is 2.48. The number of hydrogen-bond acceptors (Lipinski definition) is 4. The van der Waals surface area contributed by atoms with Crippen molar-refractivity contribution < 1.29 is 17.2 Å². The Balaban J connectivity index is 1.48. The van der Waals surface area contributed by atoms with Gasteiger partial charge in [0.1, 0.15) is 5.82 Å². The highest BCUT2D eigenvalue weighted by molar-refractivity contribution is 7.92. The average Bonchev–Trinajstić information content (AvgIpc) is 3.36. The van der Waals surface area contributed by atoms with E-state index in [9.17, 15) is 12.8 Å². The Kier molecular flexibility index (Phi) is 3.74. The molecule has 0 saturated carbocycles. The monoisotopic (exact) mass is 383 g/mol. The normalized spacial score (nSPS) is 23.3. The van der Waals surface area contributed by atoms with Crippen molar-refractivity contribution >= 4 is 9.84 Å². The lowest BCUT2D eigenvalue weighted by atomic mass is 9.95. The highest BCUT2D eigenvalue weighted by Crippen LogP contribution is 2.46. The van der Waals surface area contributed by atoms with Gasteiger partial charge in [0.25, 0.3) is 0 Å². The fraction of sp³-hybridized carbons (Fsp3) is 0.238. The number of furan rings is 1. The van der Waals surface area contributed by atoms with Crippen molar-refractivity contribution in [1.82, 2.24) is 4.90 Å². The van der Waals surface area contributed by atoms with Crippen LogP contribution in [0, 0.1) is 5.82 Å². The van der Waals surface area contributed by atoms with E-state index in [1.165, 1.54) is 6.07 Å². The Morgan fingerprint density at radius 1 is 1.07 bits per heavy atom. The third kappa shape index (κ3) is 2.63. The van der Waals surface area contributed by atoms with Gasteiger partial charge in [0.05, 0.1) is 22.7 Å². The van der Waals surface area contributed by atoms with Gasteiger partial charge in [-0.15, -0.1) is 0 Å². The number of nitrogens with zero attached hydrogens (tertiary/aromatic N) is 1. The van der Waals surface area contributed by atoms with E-state index in [1.807, 2.05) is 23.1 Å². The highest BCUT2D eigenvalue weighted by Gasteiger charge is 2.50. The van der Waals surface area contributed by atoms with Crippen LogP contribution < -0.4 is 0 Å². The summed E-state index contributed by atoms with van der Waals surface area (Å²) >= 11 is 0. The second-order valence-corrected chi connectivity index (χ2v) is 9.38. The number of fused-ring (bicyclic) bond motifs is 3. The molecular formula is C21H18FNO3S. The van der Waals surface area contributed by atoms with Gasteiger partial charge in [-0.3, -0.25) is 4.90 Å². The number of sulfone groups is 1. The first-order chi connectivity index (χ1) is 13.0. The molecule has 1 fully saturated rings. The number of benzene rings is 2.